The number of carboxylic acid groups (broad SMARTS) is 1. The van der Waals surface area contributed by atoms with Gasteiger partial charge in [-0.05, 0) is 44.9 Å². The lowest BCUT2D eigenvalue weighted by Crippen LogP contribution is -2.40. The summed E-state index contributed by atoms with van der Waals surface area (Å²) in [5.41, 5.74) is 0. The van der Waals surface area contributed by atoms with Gasteiger partial charge in [0.05, 0.1) is 34.4 Å². The Labute approximate surface area is 497 Å². The zero-order valence-corrected chi connectivity index (χ0v) is 54.0. The van der Waals surface area contributed by atoms with Gasteiger partial charge in [-0.3, -0.25) is 9.59 Å². The van der Waals surface area contributed by atoms with E-state index in [4.69, 9.17) is 18.9 Å². The highest BCUT2D eigenvalue weighted by Crippen LogP contribution is 2.19. The van der Waals surface area contributed by atoms with Crippen molar-refractivity contribution >= 4 is 17.9 Å². The number of carbonyl (C=O) groups is 3. The van der Waals surface area contributed by atoms with E-state index >= 15 is 0 Å². The Morgan fingerprint density at radius 2 is 0.675 bits per heavy atom. The third kappa shape index (κ3) is 63.4. The fourth-order valence-electron chi connectivity index (χ4n) is 10.6. The van der Waals surface area contributed by atoms with Gasteiger partial charge in [0.25, 0.3) is 6.29 Å². The van der Waals surface area contributed by atoms with Crippen LogP contribution in [0.4, 0.5) is 0 Å². The molecule has 0 aliphatic heterocycles. The van der Waals surface area contributed by atoms with E-state index in [9.17, 15) is 19.5 Å². The summed E-state index contributed by atoms with van der Waals surface area (Å²) in [4.78, 5) is 37.6. The summed E-state index contributed by atoms with van der Waals surface area (Å²) in [7, 11) is 5.99. The lowest BCUT2D eigenvalue weighted by atomic mass is 10.0. The quantitative estimate of drug-likeness (QED) is 0.0211. The van der Waals surface area contributed by atoms with Crippen molar-refractivity contribution in [3.8, 4) is 0 Å². The Morgan fingerprint density at radius 3 is 0.988 bits per heavy atom. The van der Waals surface area contributed by atoms with Gasteiger partial charge in [0.2, 0.25) is 0 Å². The molecule has 0 aromatic carbocycles. The largest absolute Gasteiger partial charge is 0.477 e. The van der Waals surface area contributed by atoms with Crippen molar-refractivity contribution in [2.75, 3.05) is 47.5 Å². The first-order valence-corrected chi connectivity index (χ1v) is 35.0. The fourth-order valence-corrected chi connectivity index (χ4v) is 10.6. The van der Waals surface area contributed by atoms with Crippen molar-refractivity contribution in [1.29, 1.82) is 0 Å². The Kier molecular flexibility index (Phi) is 61.1. The maximum Gasteiger partial charge on any atom is 0.361 e. The Balaban J connectivity index is 4.01. The van der Waals surface area contributed by atoms with E-state index in [0.29, 0.717) is 17.4 Å². The summed E-state index contributed by atoms with van der Waals surface area (Å²) < 4.78 is 23.0. The molecule has 0 fully saturated rings. The van der Waals surface area contributed by atoms with Gasteiger partial charge in [-0.1, -0.05) is 321 Å². The average Bonchev–Trinajstić information content (AvgIpc) is 3.43. The van der Waals surface area contributed by atoms with Crippen molar-refractivity contribution in [2.24, 2.45) is 0 Å². The van der Waals surface area contributed by atoms with E-state index in [1.807, 2.05) is 21.1 Å². The molecule has 0 aromatic rings. The van der Waals surface area contributed by atoms with Gasteiger partial charge >= 0.3 is 17.9 Å². The van der Waals surface area contributed by atoms with E-state index < -0.39 is 18.4 Å². The molecule has 0 saturated heterocycles. The van der Waals surface area contributed by atoms with Crippen LogP contribution in [0.15, 0.2) is 24.3 Å². The number of likely N-dealkylation sites (N-methyl/N-ethyl adjacent to an activating group) is 1. The summed E-state index contributed by atoms with van der Waals surface area (Å²) >= 11 is 0. The topological polar surface area (TPSA) is 108 Å². The second-order valence-corrected chi connectivity index (χ2v) is 25.2. The molecule has 472 valence electrons. The van der Waals surface area contributed by atoms with Crippen LogP contribution in [0.1, 0.15) is 354 Å². The van der Waals surface area contributed by atoms with E-state index in [1.165, 1.54) is 283 Å². The molecule has 0 aliphatic carbocycles. The molecule has 2 atom stereocenters. The number of quaternary nitrogens is 1. The molecule has 0 bridgehead atoms. The van der Waals surface area contributed by atoms with E-state index in [-0.39, 0.29) is 38.2 Å². The van der Waals surface area contributed by atoms with Gasteiger partial charge in [-0.15, -0.1) is 0 Å². The van der Waals surface area contributed by atoms with Crippen LogP contribution in [0.5, 0.6) is 0 Å². The van der Waals surface area contributed by atoms with Gasteiger partial charge in [0, 0.05) is 12.8 Å². The third-order valence-electron chi connectivity index (χ3n) is 16.0. The smallest absolute Gasteiger partial charge is 0.361 e. The summed E-state index contributed by atoms with van der Waals surface area (Å²) in [6.07, 6.45) is 74.4. The molecular weight excluding hydrogens is 995 g/mol. The first-order chi connectivity index (χ1) is 39.1. The minimum atomic E-state index is -1.51. The first kappa shape index (κ1) is 77.8. The normalized spacial score (nSPS) is 12.8. The molecule has 2 unspecified atom stereocenters. The number of aliphatic carboxylic acids is 1. The zero-order valence-electron chi connectivity index (χ0n) is 54.0. The SMILES string of the molecule is CCCCCCC/C=C\C/C=C\CCCCCCCCCCCCCCCCCCCCCCCCCC(=O)OC(COC(=O)CCCCCCCCCCCCCCCCCCCCCC)COC(OCC[N+](C)(C)C)C(=O)O. The van der Waals surface area contributed by atoms with Gasteiger partial charge < -0.3 is 28.5 Å². The van der Waals surface area contributed by atoms with Crippen molar-refractivity contribution < 1.29 is 42.9 Å². The predicted molar refractivity (Wildman–Crippen MR) is 341 cm³/mol. The molecule has 0 spiro atoms. The van der Waals surface area contributed by atoms with Crippen LogP contribution in [-0.2, 0) is 33.3 Å². The van der Waals surface area contributed by atoms with Gasteiger partial charge in [0.1, 0.15) is 13.2 Å². The molecule has 9 nitrogen and oxygen atoms in total. The van der Waals surface area contributed by atoms with Crippen molar-refractivity contribution in [3.63, 3.8) is 0 Å². The van der Waals surface area contributed by atoms with Gasteiger partial charge in [-0.25, -0.2) is 4.79 Å². The molecule has 1 N–H and O–H groups in total. The van der Waals surface area contributed by atoms with Crippen LogP contribution in [0.3, 0.4) is 0 Å². The van der Waals surface area contributed by atoms with Crippen LogP contribution in [0.25, 0.3) is 0 Å². The monoisotopic (exact) mass is 1130 g/mol. The maximum absolute atomic E-state index is 12.9. The Morgan fingerprint density at radius 1 is 0.375 bits per heavy atom. The number of esters is 2. The summed E-state index contributed by atoms with van der Waals surface area (Å²) in [6, 6.07) is 0. The number of hydrogen-bond donors (Lipinski definition) is 1. The number of nitrogens with zero attached hydrogens (tertiary/aromatic N) is 1. The highest BCUT2D eigenvalue weighted by molar-refractivity contribution is 5.71. The lowest BCUT2D eigenvalue weighted by Gasteiger charge is -2.25. The minimum absolute atomic E-state index is 0.174. The molecule has 0 radical (unpaired) electrons. The number of ether oxygens (including phenoxy) is 4. The second-order valence-electron chi connectivity index (χ2n) is 25.2. The first-order valence-electron chi connectivity index (χ1n) is 35.0. The number of allylic oxidation sites excluding steroid dienone is 4. The second kappa shape index (κ2) is 62.8. The summed E-state index contributed by atoms with van der Waals surface area (Å²) in [6.45, 7) is 4.94. The number of rotatable bonds is 66. The molecule has 0 aromatic heterocycles. The molecule has 0 heterocycles. The minimum Gasteiger partial charge on any atom is -0.477 e. The third-order valence-corrected chi connectivity index (χ3v) is 16.0. The summed E-state index contributed by atoms with van der Waals surface area (Å²) in [5.74, 6) is -1.97. The molecule has 0 aliphatic rings. The van der Waals surface area contributed by atoms with Crippen LogP contribution < -0.4 is 0 Å². The zero-order chi connectivity index (χ0) is 58.3. The van der Waals surface area contributed by atoms with Crippen molar-refractivity contribution in [1.82, 2.24) is 0 Å². The number of carbonyl (C=O) groups excluding carboxylic acids is 2. The van der Waals surface area contributed by atoms with Gasteiger partial charge in [0.15, 0.2) is 6.10 Å². The molecule has 0 amide bonds. The van der Waals surface area contributed by atoms with E-state index in [1.54, 1.807) is 0 Å². The molecule has 0 saturated carbocycles. The van der Waals surface area contributed by atoms with Crippen LogP contribution in [0, 0.1) is 0 Å². The highest BCUT2D eigenvalue weighted by atomic mass is 16.7. The highest BCUT2D eigenvalue weighted by Gasteiger charge is 2.25. The number of hydrogen-bond acceptors (Lipinski definition) is 7. The maximum atomic E-state index is 12.9. The van der Waals surface area contributed by atoms with E-state index in [0.717, 1.165) is 44.9 Å². The number of carboxylic acids is 1. The Bertz CT molecular complexity index is 1360. The van der Waals surface area contributed by atoms with Gasteiger partial charge in [-0.2, -0.15) is 0 Å². The lowest BCUT2D eigenvalue weighted by molar-refractivity contribution is -0.870. The summed E-state index contributed by atoms with van der Waals surface area (Å²) in [5, 5.41) is 9.74. The van der Waals surface area contributed by atoms with Crippen molar-refractivity contribution in [2.45, 2.75) is 367 Å². The fraction of sp³-hybridized carbons (Fsp3) is 0.901. The predicted octanol–water partition coefficient (Wildman–Crippen LogP) is 21.4. The molecule has 0 rings (SSSR count). The standard InChI is InChI=1S/C71H135NO8/c1-6-8-10-12-14-16-18-20-22-24-26-28-29-30-31-32-33-34-35-36-37-38-39-40-41-42-44-46-48-50-52-54-56-58-60-62-69(74)80-67(66-79-71(70(75)76)77-64-63-72(3,4)5)65-78-68(73)61-59-57-55-53-51-49-47-45-43-27-25-23-21-19-17-15-13-11-9-7-2/h18,20,24,26,67,71H,6-17,19,21-23,25,27-66H2,1-5H3/p+1/b20-18-,26-24-. The van der Waals surface area contributed by atoms with Crippen LogP contribution >= 0.6 is 0 Å². The van der Waals surface area contributed by atoms with Crippen LogP contribution in [-0.4, -0.2) is 87.4 Å². The Hall–Kier alpha value is -2.23. The van der Waals surface area contributed by atoms with E-state index in [2.05, 4.69) is 38.2 Å². The molecular formula is C71H136NO8+. The van der Waals surface area contributed by atoms with Crippen LogP contribution in [0.2, 0.25) is 0 Å². The van der Waals surface area contributed by atoms with Crippen molar-refractivity contribution in [3.05, 3.63) is 24.3 Å². The average molecular weight is 1130 g/mol. The molecule has 9 heteroatoms. The number of unbranched alkanes of at least 4 members (excludes halogenated alkanes) is 47. The molecule has 80 heavy (non-hydrogen) atoms.